The third-order valence-electron chi connectivity index (χ3n) is 1.61. The zero-order valence-electron chi connectivity index (χ0n) is 9.71. The van der Waals surface area contributed by atoms with E-state index < -0.39 is 40.7 Å². The molecule has 1 rings (SSSR count). The van der Waals surface area contributed by atoms with Gasteiger partial charge in [0.2, 0.25) is 5.75 Å². The molecule has 21 heavy (non-hydrogen) atoms. The molecule has 0 fully saturated rings. The fraction of sp³-hybridized carbons (Fsp3) is 0. The number of aromatic hydroxyl groups is 2. The predicted octanol–water partition coefficient (Wildman–Crippen LogP) is 0.803. The van der Waals surface area contributed by atoms with Crippen molar-refractivity contribution in [3.8, 4) is 17.2 Å². The van der Waals surface area contributed by atoms with Crippen molar-refractivity contribution in [2.24, 2.45) is 0 Å². The van der Waals surface area contributed by atoms with Gasteiger partial charge in [0, 0.05) is 0 Å². The van der Waals surface area contributed by atoms with Gasteiger partial charge in [-0.15, -0.1) is 0 Å². The van der Waals surface area contributed by atoms with Crippen LogP contribution in [0, 0.1) is 0 Å². The number of phosphoric acid groups is 3. The molecule has 0 saturated heterocycles. The van der Waals surface area contributed by atoms with Crippen LogP contribution in [0.5, 0.6) is 17.2 Å². The minimum atomic E-state index is -5.64. The van der Waals surface area contributed by atoms with Crippen molar-refractivity contribution >= 4 is 23.5 Å². The number of para-hydroxylation sites is 1. The molecule has 0 radical (unpaired) electrons. The van der Waals surface area contributed by atoms with Crippen molar-refractivity contribution < 1.29 is 56.6 Å². The molecule has 0 heterocycles. The van der Waals surface area contributed by atoms with Gasteiger partial charge in [0.05, 0.1) is 0 Å². The molecule has 15 heteroatoms. The van der Waals surface area contributed by atoms with Crippen LogP contribution in [-0.2, 0) is 22.3 Å². The maximum absolute atomic E-state index is 11.4. The first-order valence-electron chi connectivity index (χ1n) is 4.66. The summed E-state index contributed by atoms with van der Waals surface area (Å²) in [5, 5.41) is 18.4. The predicted molar refractivity (Wildman–Crippen MR) is 64.3 cm³/mol. The van der Waals surface area contributed by atoms with E-state index in [1.165, 1.54) is 0 Å². The molecule has 2 unspecified atom stereocenters. The van der Waals surface area contributed by atoms with Gasteiger partial charge in [-0.1, -0.05) is 6.07 Å². The van der Waals surface area contributed by atoms with Gasteiger partial charge in [-0.3, -0.25) is 4.89 Å². The fourth-order valence-corrected chi connectivity index (χ4v) is 4.04. The normalized spacial score (nSPS) is 17.7. The summed E-state index contributed by atoms with van der Waals surface area (Å²) in [5.41, 5.74) is 0. The summed E-state index contributed by atoms with van der Waals surface area (Å²) in [6.45, 7) is 0. The smallest absolute Gasteiger partial charge is 0.504 e. The second kappa shape index (κ2) is 6.05. The number of phenols is 2. The maximum Gasteiger partial charge on any atom is 0.536 e. The first-order valence-corrected chi connectivity index (χ1v) is 9.18. The average molecular weight is 366 g/mol. The van der Waals surface area contributed by atoms with E-state index in [1.807, 2.05) is 0 Å². The van der Waals surface area contributed by atoms with Crippen LogP contribution in [0.25, 0.3) is 0 Å². The number of phenolic OH excluding ortho intramolecular Hbond substituents is 2. The average Bonchev–Trinajstić information content (AvgIpc) is 2.18. The highest BCUT2D eigenvalue weighted by atomic mass is 31.3. The molecule has 120 valence electrons. The van der Waals surface area contributed by atoms with E-state index in [4.69, 9.17) is 24.7 Å². The van der Waals surface area contributed by atoms with E-state index in [0.29, 0.717) is 0 Å². The summed E-state index contributed by atoms with van der Waals surface area (Å²) in [6.07, 6.45) is 0. The zero-order chi connectivity index (χ0) is 16.5. The van der Waals surface area contributed by atoms with Crippen molar-refractivity contribution in [1.29, 1.82) is 0 Å². The Kier molecular flexibility index (Phi) is 5.22. The molecular weight excluding hydrogens is 357 g/mol. The lowest BCUT2D eigenvalue weighted by Gasteiger charge is -2.17. The van der Waals surface area contributed by atoms with Gasteiger partial charge in [-0.05, 0) is 12.1 Å². The summed E-state index contributed by atoms with van der Waals surface area (Å²) in [6, 6.07) is 2.99. The van der Waals surface area contributed by atoms with Gasteiger partial charge in [-0.2, -0.15) is 8.62 Å². The van der Waals surface area contributed by atoms with Crippen LogP contribution < -0.4 is 4.52 Å². The number of phosphoric ester groups is 1. The summed E-state index contributed by atoms with van der Waals surface area (Å²) >= 11 is 0. The third-order valence-corrected chi connectivity index (χ3v) is 5.36. The lowest BCUT2D eigenvalue weighted by atomic mass is 10.3. The first-order chi connectivity index (χ1) is 9.31. The largest absolute Gasteiger partial charge is 0.536 e. The molecule has 6 N–H and O–H groups in total. The standard InChI is InChI=1S/C6H9O12P3/c7-4-2-1-3-5(6(4)8)16-20(12,13)18-21(14,15)17-19(9,10)11/h1-3,7-8H,(H,12,13)(H,14,15)(H2,9,10,11). The van der Waals surface area contributed by atoms with E-state index in [0.717, 1.165) is 18.2 Å². The van der Waals surface area contributed by atoms with Crippen molar-refractivity contribution in [3.05, 3.63) is 18.2 Å². The van der Waals surface area contributed by atoms with E-state index in [9.17, 15) is 18.8 Å². The maximum atomic E-state index is 11.4. The van der Waals surface area contributed by atoms with Gasteiger partial charge >= 0.3 is 23.5 Å². The highest BCUT2D eigenvalue weighted by Crippen LogP contribution is 2.66. The molecule has 0 aliphatic carbocycles. The Morgan fingerprint density at radius 3 is 1.95 bits per heavy atom. The topological polar surface area (TPSA) is 200 Å². The summed E-state index contributed by atoms with van der Waals surface area (Å²) < 4.78 is 43.9. The van der Waals surface area contributed by atoms with Gasteiger partial charge < -0.3 is 29.4 Å². The van der Waals surface area contributed by atoms with E-state index in [-0.39, 0.29) is 0 Å². The quantitative estimate of drug-likeness (QED) is 0.306. The summed E-state index contributed by atoms with van der Waals surface area (Å²) in [5.74, 6) is -2.50. The van der Waals surface area contributed by atoms with E-state index in [2.05, 4.69) is 13.1 Å². The first kappa shape index (κ1) is 18.1. The number of hydrogen-bond donors (Lipinski definition) is 6. The van der Waals surface area contributed by atoms with Crippen LogP contribution >= 0.6 is 23.5 Å². The molecule has 0 bridgehead atoms. The Bertz CT molecular complexity index is 663. The molecule has 0 saturated carbocycles. The molecule has 1 aromatic carbocycles. The minimum Gasteiger partial charge on any atom is -0.504 e. The van der Waals surface area contributed by atoms with Gasteiger partial charge in [0.15, 0.2) is 11.5 Å². The third kappa shape index (κ3) is 6.15. The molecule has 0 aromatic heterocycles. The molecular formula is C6H9O12P3. The molecule has 12 nitrogen and oxygen atoms in total. The van der Waals surface area contributed by atoms with E-state index >= 15 is 0 Å². The van der Waals surface area contributed by atoms with Gasteiger partial charge in [-0.25, -0.2) is 13.7 Å². The second-order valence-electron chi connectivity index (χ2n) is 3.31. The van der Waals surface area contributed by atoms with Crippen molar-refractivity contribution in [3.63, 3.8) is 0 Å². The Balaban J connectivity index is 2.92. The Labute approximate surface area is 116 Å². The fourth-order valence-electron chi connectivity index (χ4n) is 1.01. The van der Waals surface area contributed by atoms with Crippen LogP contribution in [0.15, 0.2) is 18.2 Å². The van der Waals surface area contributed by atoms with Gasteiger partial charge in [0.25, 0.3) is 0 Å². The lowest BCUT2D eigenvalue weighted by Crippen LogP contribution is -1.98. The van der Waals surface area contributed by atoms with Crippen LogP contribution in [-0.4, -0.2) is 29.8 Å². The van der Waals surface area contributed by atoms with Crippen LogP contribution in [0.2, 0.25) is 0 Å². The van der Waals surface area contributed by atoms with E-state index in [1.54, 1.807) is 0 Å². The molecule has 0 aliphatic rings. The monoisotopic (exact) mass is 366 g/mol. The number of benzene rings is 1. The second-order valence-corrected chi connectivity index (χ2v) is 7.65. The SMILES string of the molecule is O=P(O)(O)OP(=O)(O)OP(=O)(O)Oc1cccc(O)c1O. The Morgan fingerprint density at radius 1 is 0.857 bits per heavy atom. The highest BCUT2D eigenvalue weighted by molar-refractivity contribution is 7.66. The van der Waals surface area contributed by atoms with Crippen LogP contribution in [0.3, 0.4) is 0 Å². The minimum absolute atomic E-state index is 0.730. The molecule has 0 aliphatic heterocycles. The molecule has 2 atom stereocenters. The summed E-state index contributed by atoms with van der Waals surface area (Å²) in [4.78, 5) is 34.7. The highest BCUT2D eigenvalue weighted by Gasteiger charge is 2.41. The molecule has 0 spiro atoms. The van der Waals surface area contributed by atoms with Gasteiger partial charge in [0.1, 0.15) is 0 Å². The Hall–Kier alpha value is -0.930. The number of hydrogen-bond acceptors (Lipinski definition) is 8. The molecule has 1 aromatic rings. The summed E-state index contributed by atoms with van der Waals surface area (Å²) in [7, 11) is -16.6. The van der Waals surface area contributed by atoms with Crippen molar-refractivity contribution in [1.82, 2.24) is 0 Å². The van der Waals surface area contributed by atoms with Crippen LogP contribution in [0.1, 0.15) is 0 Å². The van der Waals surface area contributed by atoms with Crippen molar-refractivity contribution in [2.45, 2.75) is 0 Å². The molecule has 0 amide bonds. The zero-order valence-corrected chi connectivity index (χ0v) is 12.4. The lowest BCUT2D eigenvalue weighted by molar-refractivity contribution is 0.205. The van der Waals surface area contributed by atoms with Crippen LogP contribution in [0.4, 0.5) is 0 Å². The number of rotatable bonds is 6. The van der Waals surface area contributed by atoms with Crippen molar-refractivity contribution in [2.75, 3.05) is 0 Å². The Morgan fingerprint density at radius 2 is 1.43 bits per heavy atom.